The van der Waals surface area contributed by atoms with Crippen LogP contribution in [0.4, 0.5) is 11.4 Å². The van der Waals surface area contributed by atoms with Gasteiger partial charge in [-0.25, -0.2) is 0 Å². The van der Waals surface area contributed by atoms with Crippen LogP contribution >= 0.6 is 0 Å². The van der Waals surface area contributed by atoms with E-state index in [1.165, 1.54) is 6.92 Å². The molecule has 1 aromatic rings. The molecule has 2 rings (SSSR count). The average molecular weight is 389 g/mol. The zero-order valence-electron chi connectivity index (χ0n) is 17.3. The Hall–Kier alpha value is -2.41. The molecular formula is C21H32N4O3. The Balaban J connectivity index is 1.89. The van der Waals surface area contributed by atoms with Crippen LogP contribution in [0.15, 0.2) is 24.3 Å². The summed E-state index contributed by atoms with van der Waals surface area (Å²) in [4.78, 5) is 40.1. The molecule has 2 N–H and O–H groups in total. The molecule has 1 aliphatic rings. The summed E-state index contributed by atoms with van der Waals surface area (Å²) in [6, 6.07) is 6.62. The smallest absolute Gasteiger partial charge is 0.239 e. The molecule has 1 heterocycles. The highest BCUT2D eigenvalue weighted by Crippen LogP contribution is 2.18. The van der Waals surface area contributed by atoms with E-state index in [0.717, 1.165) is 25.9 Å². The van der Waals surface area contributed by atoms with E-state index in [-0.39, 0.29) is 30.3 Å². The number of nitrogens with zero attached hydrogens (tertiary/aromatic N) is 2. The summed E-state index contributed by atoms with van der Waals surface area (Å²) >= 11 is 0. The van der Waals surface area contributed by atoms with Gasteiger partial charge in [-0.1, -0.05) is 13.8 Å². The van der Waals surface area contributed by atoms with Crippen molar-refractivity contribution in [1.29, 1.82) is 0 Å². The lowest BCUT2D eigenvalue weighted by Crippen LogP contribution is -2.51. The van der Waals surface area contributed by atoms with Crippen molar-refractivity contribution >= 4 is 29.1 Å². The normalized spacial score (nSPS) is 16.0. The second kappa shape index (κ2) is 10.2. The molecule has 1 aliphatic heterocycles. The molecule has 1 unspecified atom stereocenters. The first-order valence-electron chi connectivity index (χ1n) is 10.0. The molecule has 0 aliphatic carbocycles. The summed E-state index contributed by atoms with van der Waals surface area (Å²) in [6.45, 7) is 9.87. The largest absolute Gasteiger partial charge is 0.341 e. The van der Waals surface area contributed by atoms with E-state index in [9.17, 15) is 14.4 Å². The number of piperidine rings is 1. The van der Waals surface area contributed by atoms with Crippen molar-refractivity contribution in [3.8, 4) is 0 Å². The summed E-state index contributed by atoms with van der Waals surface area (Å²) in [7, 11) is 0. The summed E-state index contributed by atoms with van der Waals surface area (Å²) in [5.74, 6) is 0.462. The van der Waals surface area contributed by atoms with Crippen molar-refractivity contribution in [2.75, 3.05) is 36.8 Å². The van der Waals surface area contributed by atoms with Gasteiger partial charge in [0.25, 0.3) is 0 Å². The van der Waals surface area contributed by atoms with Crippen LogP contribution in [0.1, 0.15) is 40.5 Å². The monoisotopic (exact) mass is 388 g/mol. The van der Waals surface area contributed by atoms with Gasteiger partial charge < -0.3 is 15.5 Å². The van der Waals surface area contributed by atoms with Crippen LogP contribution < -0.4 is 10.6 Å². The fraction of sp³-hybridized carbons (Fsp3) is 0.571. The van der Waals surface area contributed by atoms with Gasteiger partial charge in [0.05, 0.1) is 12.6 Å². The van der Waals surface area contributed by atoms with Crippen LogP contribution in [0.2, 0.25) is 0 Å². The number of amides is 3. The highest BCUT2D eigenvalue weighted by atomic mass is 16.2. The van der Waals surface area contributed by atoms with Gasteiger partial charge in [-0.15, -0.1) is 0 Å². The van der Waals surface area contributed by atoms with Crippen LogP contribution in [-0.4, -0.2) is 59.7 Å². The maximum atomic E-state index is 12.8. The second-order valence-electron chi connectivity index (χ2n) is 7.55. The molecule has 0 spiro atoms. The molecule has 154 valence electrons. The van der Waals surface area contributed by atoms with Gasteiger partial charge in [0.15, 0.2) is 0 Å². The van der Waals surface area contributed by atoms with E-state index in [2.05, 4.69) is 17.6 Å². The van der Waals surface area contributed by atoms with Gasteiger partial charge in [-0.2, -0.15) is 0 Å². The first-order valence-corrected chi connectivity index (χ1v) is 10.0. The molecule has 3 amide bonds. The number of nitrogens with one attached hydrogen (secondary N) is 2. The highest BCUT2D eigenvalue weighted by molar-refractivity contribution is 5.93. The van der Waals surface area contributed by atoms with Crippen molar-refractivity contribution in [2.45, 2.75) is 46.6 Å². The fourth-order valence-electron chi connectivity index (χ4n) is 3.40. The number of rotatable bonds is 7. The minimum atomic E-state index is -0.328. The van der Waals surface area contributed by atoms with Crippen molar-refractivity contribution in [1.82, 2.24) is 9.80 Å². The van der Waals surface area contributed by atoms with E-state index < -0.39 is 0 Å². The molecular weight excluding hydrogens is 356 g/mol. The topological polar surface area (TPSA) is 81.8 Å². The van der Waals surface area contributed by atoms with Crippen LogP contribution in [0.5, 0.6) is 0 Å². The molecule has 1 atom stereocenters. The van der Waals surface area contributed by atoms with Gasteiger partial charge in [0.2, 0.25) is 17.7 Å². The Bertz CT molecular complexity index is 681. The SMILES string of the molecule is CCN(CC(=O)Nc1ccc(NC(C)=O)cc1)C(C)C(=O)N1CCC(C)CC1. The molecule has 28 heavy (non-hydrogen) atoms. The number of benzene rings is 1. The third-order valence-electron chi connectivity index (χ3n) is 5.24. The lowest BCUT2D eigenvalue weighted by Gasteiger charge is -2.35. The molecule has 0 aromatic heterocycles. The fourth-order valence-corrected chi connectivity index (χ4v) is 3.40. The summed E-state index contributed by atoms with van der Waals surface area (Å²) < 4.78 is 0. The standard InChI is InChI=1S/C21H32N4O3/c1-5-24(16(3)21(28)25-12-10-15(2)11-13-25)14-20(27)23-19-8-6-18(7-9-19)22-17(4)26/h6-9,15-16H,5,10-14H2,1-4H3,(H,22,26)(H,23,27). The molecule has 0 saturated carbocycles. The number of carbonyl (C=O) groups is 3. The molecule has 7 heteroatoms. The van der Waals surface area contributed by atoms with Crippen LogP contribution in [-0.2, 0) is 14.4 Å². The van der Waals surface area contributed by atoms with Crippen molar-refractivity contribution in [3.63, 3.8) is 0 Å². The second-order valence-corrected chi connectivity index (χ2v) is 7.55. The first kappa shape index (κ1) is 21.9. The third-order valence-corrected chi connectivity index (χ3v) is 5.24. The van der Waals surface area contributed by atoms with Crippen molar-refractivity contribution < 1.29 is 14.4 Å². The summed E-state index contributed by atoms with van der Waals surface area (Å²) in [6.07, 6.45) is 2.08. The quantitative estimate of drug-likeness (QED) is 0.752. The number of hydrogen-bond donors (Lipinski definition) is 2. The molecule has 0 bridgehead atoms. The Kier molecular flexibility index (Phi) is 7.99. The van der Waals surface area contributed by atoms with Crippen molar-refractivity contribution in [2.24, 2.45) is 5.92 Å². The predicted molar refractivity (Wildman–Crippen MR) is 111 cm³/mol. The zero-order chi connectivity index (χ0) is 20.7. The van der Waals surface area contributed by atoms with Crippen molar-refractivity contribution in [3.05, 3.63) is 24.3 Å². The summed E-state index contributed by atoms with van der Waals surface area (Å²) in [5, 5.41) is 5.53. The lowest BCUT2D eigenvalue weighted by molar-refractivity contribution is -0.138. The number of anilines is 2. The van der Waals surface area contributed by atoms with Crippen LogP contribution in [0.3, 0.4) is 0 Å². The van der Waals surface area contributed by atoms with Gasteiger partial charge in [0, 0.05) is 31.4 Å². The molecule has 1 saturated heterocycles. The van der Waals surface area contributed by atoms with E-state index in [1.54, 1.807) is 24.3 Å². The van der Waals surface area contributed by atoms with Crippen LogP contribution in [0, 0.1) is 5.92 Å². The average Bonchev–Trinajstić information content (AvgIpc) is 2.66. The number of likely N-dealkylation sites (tertiary alicyclic amines) is 1. The minimum absolute atomic E-state index is 0.0983. The Morgan fingerprint density at radius 1 is 1.11 bits per heavy atom. The number of hydrogen-bond acceptors (Lipinski definition) is 4. The van der Waals surface area contributed by atoms with E-state index in [0.29, 0.717) is 23.8 Å². The molecule has 0 radical (unpaired) electrons. The number of carbonyl (C=O) groups excluding carboxylic acids is 3. The Morgan fingerprint density at radius 2 is 1.64 bits per heavy atom. The van der Waals surface area contributed by atoms with Gasteiger partial charge in [-0.05, 0) is 56.5 Å². The highest BCUT2D eigenvalue weighted by Gasteiger charge is 2.28. The van der Waals surface area contributed by atoms with Gasteiger partial charge >= 0.3 is 0 Å². The minimum Gasteiger partial charge on any atom is -0.341 e. The molecule has 1 aromatic carbocycles. The maximum Gasteiger partial charge on any atom is 0.239 e. The predicted octanol–water partition coefficient (Wildman–Crippen LogP) is 2.55. The Labute approximate surface area is 167 Å². The first-order chi connectivity index (χ1) is 13.3. The number of likely N-dealkylation sites (N-methyl/N-ethyl adjacent to an activating group) is 1. The maximum absolute atomic E-state index is 12.8. The van der Waals surface area contributed by atoms with E-state index in [1.807, 2.05) is 23.6 Å². The van der Waals surface area contributed by atoms with E-state index in [4.69, 9.17) is 0 Å². The summed E-state index contributed by atoms with van der Waals surface area (Å²) in [5.41, 5.74) is 1.33. The Morgan fingerprint density at radius 3 is 2.14 bits per heavy atom. The molecule has 1 fully saturated rings. The lowest BCUT2D eigenvalue weighted by atomic mass is 9.98. The zero-order valence-corrected chi connectivity index (χ0v) is 17.3. The van der Waals surface area contributed by atoms with Gasteiger partial charge in [0.1, 0.15) is 0 Å². The van der Waals surface area contributed by atoms with Crippen LogP contribution in [0.25, 0.3) is 0 Å². The van der Waals surface area contributed by atoms with E-state index >= 15 is 0 Å². The molecule has 7 nitrogen and oxygen atoms in total. The third kappa shape index (κ3) is 6.34. The van der Waals surface area contributed by atoms with Gasteiger partial charge in [-0.3, -0.25) is 19.3 Å².